The van der Waals surface area contributed by atoms with Crippen LogP contribution in [0.3, 0.4) is 0 Å². The molecular weight excluding hydrogens is 396 g/mol. The number of alkyl halides is 2. The van der Waals surface area contributed by atoms with E-state index in [1.165, 1.54) is 25.9 Å². The second kappa shape index (κ2) is 8.27. The van der Waals surface area contributed by atoms with E-state index in [2.05, 4.69) is 10.2 Å². The van der Waals surface area contributed by atoms with E-state index in [9.17, 15) is 18.4 Å². The number of hydrogen-bond donors (Lipinski definition) is 3. The Labute approximate surface area is 175 Å². The first-order valence-electron chi connectivity index (χ1n) is 10.6. The molecule has 2 aliphatic heterocycles. The van der Waals surface area contributed by atoms with Gasteiger partial charge in [-0.3, -0.25) is 9.69 Å². The molecule has 0 unspecified atom stereocenters. The summed E-state index contributed by atoms with van der Waals surface area (Å²) in [6, 6.07) is 1.54. The van der Waals surface area contributed by atoms with Crippen molar-refractivity contribution in [2.45, 2.75) is 75.4 Å². The standard InChI is InChI=1S/C11H18N2O2.C9H13F2N3O/c14-10(15)12-5-3-11(4-6-12)7-13(8-11)9-1-2-9;1-8(10,11)4-6(13)7(15)14-9(5-12)2-3-9/h9H,1-8H2,(H,14,15);6H,2-4,13H2,1H3,(H,14,15)/t;6-/m.0/s1. The Morgan fingerprint density at radius 1 is 1.27 bits per heavy atom. The van der Waals surface area contributed by atoms with E-state index < -0.39 is 35.9 Å². The molecule has 168 valence electrons. The monoisotopic (exact) mass is 427 g/mol. The van der Waals surface area contributed by atoms with Gasteiger partial charge < -0.3 is 21.1 Å². The summed E-state index contributed by atoms with van der Waals surface area (Å²) in [5.41, 5.74) is 4.92. The lowest BCUT2D eigenvalue weighted by Gasteiger charge is -2.54. The molecule has 0 aromatic rings. The lowest BCUT2D eigenvalue weighted by molar-refractivity contribution is -0.125. The fourth-order valence-corrected chi connectivity index (χ4v) is 4.20. The number of carboxylic acid groups (broad SMARTS) is 1. The second-order valence-corrected chi connectivity index (χ2v) is 9.47. The first-order chi connectivity index (χ1) is 14.0. The maximum atomic E-state index is 12.5. The summed E-state index contributed by atoms with van der Waals surface area (Å²) in [6.45, 7) is 4.65. The normalized spacial score (nSPS) is 25.2. The summed E-state index contributed by atoms with van der Waals surface area (Å²) in [4.78, 5) is 26.2. The highest BCUT2D eigenvalue weighted by molar-refractivity contribution is 5.83. The van der Waals surface area contributed by atoms with Gasteiger partial charge in [-0.25, -0.2) is 13.6 Å². The summed E-state index contributed by atoms with van der Waals surface area (Å²) in [7, 11) is 0. The van der Waals surface area contributed by atoms with E-state index in [1.54, 1.807) is 4.90 Å². The van der Waals surface area contributed by atoms with E-state index in [1.807, 2.05) is 6.07 Å². The largest absolute Gasteiger partial charge is 0.465 e. The lowest BCUT2D eigenvalue weighted by atomic mass is 9.72. The molecule has 0 aromatic carbocycles. The van der Waals surface area contributed by atoms with Crippen molar-refractivity contribution in [3.05, 3.63) is 0 Å². The van der Waals surface area contributed by atoms with Gasteiger partial charge in [-0.2, -0.15) is 5.26 Å². The van der Waals surface area contributed by atoms with Crippen LogP contribution in [0.1, 0.15) is 51.9 Å². The minimum absolute atomic E-state index is 0.481. The van der Waals surface area contributed by atoms with Crippen LogP contribution in [0.15, 0.2) is 0 Å². The number of piperidine rings is 1. The van der Waals surface area contributed by atoms with Gasteiger partial charge in [-0.1, -0.05) is 0 Å². The number of halogens is 2. The highest BCUT2D eigenvalue weighted by atomic mass is 19.3. The average Bonchev–Trinajstić information content (AvgIpc) is 3.54. The van der Waals surface area contributed by atoms with Crippen molar-refractivity contribution in [2.24, 2.45) is 11.1 Å². The molecule has 1 spiro atoms. The van der Waals surface area contributed by atoms with Crippen LogP contribution in [0.25, 0.3) is 0 Å². The molecule has 10 heteroatoms. The van der Waals surface area contributed by atoms with E-state index in [0.29, 0.717) is 25.2 Å². The zero-order valence-electron chi connectivity index (χ0n) is 17.4. The number of carbonyl (C=O) groups excluding carboxylic acids is 1. The Hall–Kier alpha value is -1.99. The fourth-order valence-electron chi connectivity index (χ4n) is 4.20. The molecule has 4 fully saturated rings. The SMILES string of the molecule is CC(F)(F)C[C@H](N)C(=O)NC1(C#N)CC1.O=C(O)N1CCC2(CC1)CN(C1CC1)C2. The van der Waals surface area contributed by atoms with Gasteiger partial charge in [0.25, 0.3) is 0 Å². The number of amides is 2. The van der Waals surface area contributed by atoms with Gasteiger partial charge in [0.1, 0.15) is 5.54 Å². The van der Waals surface area contributed by atoms with E-state index in [0.717, 1.165) is 32.0 Å². The Kier molecular flexibility index (Phi) is 6.25. The molecule has 2 saturated carbocycles. The number of nitrogens with zero attached hydrogens (tertiary/aromatic N) is 3. The summed E-state index contributed by atoms with van der Waals surface area (Å²) in [5.74, 6) is -3.66. The van der Waals surface area contributed by atoms with Crippen molar-refractivity contribution < 1.29 is 23.5 Å². The number of nitriles is 1. The third-order valence-electron chi connectivity index (χ3n) is 6.48. The first-order valence-corrected chi connectivity index (χ1v) is 10.6. The van der Waals surface area contributed by atoms with Crippen LogP contribution in [0.5, 0.6) is 0 Å². The molecule has 1 atom stereocenters. The smallest absolute Gasteiger partial charge is 0.407 e. The van der Waals surface area contributed by atoms with Crippen molar-refractivity contribution in [3.8, 4) is 6.07 Å². The molecule has 0 bridgehead atoms. The molecule has 30 heavy (non-hydrogen) atoms. The number of nitrogens with one attached hydrogen (secondary N) is 1. The molecule has 2 heterocycles. The van der Waals surface area contributed by atoms with Crippen LogP contribution < -0.4 is 11.1 Å². The first kappa shape index (κ1) is 22.7. The van der Waals surface area contributed by atoms with Gasteiger partial charge in [0.05, 0.1) is 12.1 Å². The molecule has 4 rings (SSSR count). The predicted molar refractivity (Wildman–Crippen MR) is 105 cm³/mol. The van der Waals surface area contributed by atoms with E-state index in [4.69, 9.17) is 16.1 Å². The van der Waals surface area contributed by atoms with Gasteiger partial charge in [0, 0.05) is 38.6 Å². The minimum Gasteiger partial charge on any atom is -0.465 e. The molecule has 4 N–H and O–H groups in total. The van der Waals surface area contributed by atoms with Crippen LogP contribution in [0.2, 0.25) is 0 Å². The number of likely N-dealkylation sites (tertiary alicyclic amines) is 2. The average molecular weight is 427 g/mol. The van der Waals surface area contributed by atoms with Gasteiger partial charge in [0.2, 0.25) is 11.8 Å². The van der Waals surface area contributed by atoms with Crippen LogP contribution in [-0.4, -0.2) is 76.6 Å². The minimum atomic E-state index is -2.97. The highest BCUT2D eigenvalue weighted by Gasteiger charge is 2.49. The van der Waals surface area contributed by atoms with Crippen LogP contribution in [0, 0.1) is 16.7 Å². The van der Waals surface area contributed by atoms with Crippen molar-refractivity contribution in [3.63, 3.8) is 0 Å². The van der Waals surface area contributed by atoms with Crippen molar-refractivity contribution in [2.75, 3.05) is 26.2 Å². The summed E-state index contributed by atoms with van der Waals surface area (Å²) in [6.07, 6.45) is 4.58. The van der Waals surface area contributed by atoms with Crippen LogP contribution in [0.4, 0.5) is 13.6 Å². The molecule has 2 amide bonds. The third-order valence-corrected chi connectivity index (χ3v) is 6.48. The maximum absolute atomic E-state index is 12.5. The van der Waals surface area contributed by atoms with Gasteiger partial charge in [0.15, 0.2) is 0 Å². The van der Waals surface area contributed by atoms with Crippen molar-refractivity contribution in [1.82, 2.24) is 15.1 Å². The molecule has 4 aliphatic rings. The Bertz CT molecular complexity index is 696. The topological polar surface area (TPSA) is 123 Å². The lowest BCUT2D eigenvalue weighted by Crippen LogP contribution is -2.61. The van der Waals surface area contributed by atoms with Crippen molar-refractivity contribution >= 4 is 12.0 Å². The summed E-state index contributed by atoms with van der Waals surface area (Å²) >= 11 is 0. The van der Waals surface area contributed by atoms with E-state index >= 15 is 0 Å². The molecule has 2 aliphatic carbocycles. The van der Waals surface area contributed by atoms with E-state index in [-0.39, 0.29) is 0 Å². The number of hydrogen-bond acceptors (Lipinski definition) is 5. The zero-order chi connectivity index (χ0) is 22.2. The van der Waals surface area contributed by atoms with Crippen LogP contribution >= 0.6 is 0 Å². The molecule has 0 aromatic heterocycles. The van der Waals surface area contributed by atoms with Crippen molar-refractivity contribution in [1.29, 1.82) is 5.26 Å². The molecule has 8 nitrogen and oxygen atoms in total. The Morgan fingerprint density at radius 3 is 2.23 bits per heavy atom. The third kappa shape index (κ3) is 5.79. The molecular formula is C20H31F2N5O3. The maximum Gasteiger partial charge on any atom is 0.407 e. The number of rotatable bonds is 5. The molecule has 2 saturated heterocycles. The fraction of sp³-hybridized carbons (Fsp3) is 0.850. The van der Waals surface area contributed by atoms with Gasteiger partial charge in [-0.05, 0) is 50.9 Å². The zero-order valence-corrected chi connectivity index (χ0v) is 17.4. The second-order valence-electron chi connectivity index (χ2n) is 9.47. The van der Waals surface area contributed by atoms with Crippen LogP contribution in [-0.2, 0) is 4.79 Å². The Balaban J connectivity index is 0.000000171. The summed E-state index contributed by atoms with van der Waals surface area (Å²) < 4.78 is 25.1. The predicted octanol–water partition coefficient (Wildman–Crippen LogP) is 1.76. The highest BCUT2D eigenvalue weighted by Crippen LogP contribution is 2.45. The number of nitrogens with two attached hydrogens (primary N) is 1. The molecule has 0 radical (unpaired) electrons. The number of carbonyl (C=O) groups is 2. The summed E-state index contributed by atoms with van der Waals surface area (Å²) in [5, 5.41) is 19.9. The van der Waals surface area contributed by atoms with Gasteiger partial charge in [-0.15, -0.1) is 0 Å². The Morgan fingerprint density at radius 2 is 1.83 bits per heavy atom. The quantitative estimate of drug-likeness (QED) is 0.614. The van der Waals surface area contributed by atoms with Gasteiger partial charge >= 0.3 is 6.09 Å².